The molecule has 3 heterocycles. The van der Waals surface area contributed by atoms with Gasteiger partial charge in [0.05, 0.1) is 6.54 Å². The fourth-order valence-electron chi connectivity index (χ4n) is 3.63. The highest BCUT2D eigenvalue weighted by molar-refractivity contribution is 6.04. The Morgan fingerprint density at radius 2 is 1.92 bits per heavy atom. The Hall–Kier alpha value is -2.83. The van der Waals surface area contributed by atoms with E-state index in [1.807, 2.05) is 12.1 Å². The van der Waals surface area contributed by atoms with Gasteiger partial charge in [-0.25, -0.2) is 4.79 Å². The number of amides is 4. The van der Waals surface area contributed by atoms with E-state index in [9.17, 15) is 14.4 Å². The number of hydrogen-bond acceptors (Lipinski definition) is 3. The van der Waals surface area contributed by atoms with Gasteiger partial charge in [0.2, 0.25) is 5.91 Å². The van der Waals surface area contributed by atoms with Gasteiger partial charge in [-0.05, 0) is 23.9 Å². The maximum Gasteiger partial charge on any atom is 0.327 e. The number of aromatic nitrogens is 1. The SMILES string of the molecule is CN1CC(=O)N(CC(=O)N2CCCn3c(cc4ccccc43)C2)C1=O. The molecule has 25 heavy (non-hydrogen) atoms. The van der Waals surface area contributed by atoms with Gasteiger partial charge < -0.3 is 14.4 Å². The van der Waals surface area contributed by atoms with E-state index in [0.717, 1.165) is 23.6 Å². The second-order valence-corrected chi connectivity index (χ2v) is 6.63. The average Bonchev–Trinajstić information content (AvgIpc) is 2.95. The van der Waals surface area contributed by atoms with E-state index in [2.05, 4.69) is 22.8 Å². The molecule has 4 rings (SSSR count). The smallest absolute Gasteiger partial charge is 0.327 e. The number of benzene rings is 1. The maximum absolute atomic E-state index is 12.7. The minimum atomic E-state index is -0.401. The zero-order valence-electron chi connectivity index (χ0n) is 14.1. The average molecular weight is 340 g/mol. The summed E-state index contributed by atoms with van der Waals surface area (Å²) in [7, 11) is 1.56. The quantitative estimate of drug-likeness (QED) is 0.773. The third kappa shape index (κ3) is 2.65. The second-order valence-electron chi connectivity index (χ2n) is 6.63. The first-order valence-electron chi connectivity index (χ1n) is 8.45. The van der Waals surface area contributed by atoms with Crippen molar-refractivity contribution in [1.82, 2.24) is 19.3 Å². The summed E-state index contributed by atoms with van der Waals surface area (Å²) in [5.41, 5.74) is 2.27. The van der Waals surface area contributed by atoms with Gasteiger partial charge in [0.25, 0.3) is 5.91 Å². The molecule has 7 nitrogen and oxygen atoms in total. The molecule has 4 amide bonds. The maximum atomic E-state index is 12.7. The standard InChI is InChI=1S/C18H20N4O3/c1-19-11-17(24)22(18(19)25)12-16(23)20-7-4-8-21-14(10-20)9-13-5-2-3-6-15(13)21/h2-3,5-6,9H,4,7-8,10-12H2,1H3. The van der Waals surface area contributed by atoms with Crippen LogP contribution in [0.15, 0.2) is 30.3 Å². The van der Waals surface area contributed by atoms with Crippen molar-refractivity contribution >= 4 is 28.7 Å². The molecule has 0 saturated carbocycles. The highest BCUT2D eigenvalue weighted by Crippen LogP contribution is 2.24. The Balaban J connectivity index is 1.54. The summed E-state index contributed by atoms with van der Waals surface area (Å²) >= 11 is 0. The van der Waals surface area contributed by atoms with Crippen LogP contribution in [0, 0.1) is 0 Å². The Kier molecular flexibility index (Phi) is 3.71. The van der Waals surface area contributed by atoms with Crippen LogP contribution in [-0.2, 0) is 22.7 Å². The van der Waals surface area contributed by atoms with Crippen LogP contribution >= 0.6 is 0 Å². The van der Waals surface area contributed by atoms with Crippen LogP contribution in [0.2, 0.25) is 0 Å². The van der Waals surface area contributed by atoms with Crippen molar-refractivity contribution in [2.75, 3.05) is 26.7 Å². The minimum absolute atomic E-state index is 0.0420. The van der Waals surface area contributed by atoms with Crippen LogP contribution in [0.5, 0.6) is 0 Å². The van der Waals surface area contributed by atoms with Crippen LogP contribution < -0.4 is 0 Å². The lowest BCUT2D eigenvalue weighted by molar-refractivity contribution is -0.136. The molecule has 1 saturated heterocycles. The predicted molar refractivity (Wildman–Crippen MR) is 91.7 cm³/mol. The lowest BCUT2D eigenvalue weighted by Crippen LogP contribution is -2.43. The monoisotopic (exact) mass is 340 g/mol. The van der Waals surface area contributed by atoms with Crippen LogP contribution in [0.25, 0.3) is 10.9 Å². The van der Waals surface area contributed by atoms with E-state index in [0.29, 0.717) is 13.1 Å². The number of para-hydroxylation sites is 1. The molecule has 0 bridgehead atoms. The van der Waals surface area contributed by atoms with Gasteiger partial charge >= 0.3 is 6.03 Å². The molecule has 0 aliphatic carbocycles. The number of carbonyl (C=O) groups excluding carboxylic acids is 3. The summed E-state index contributed by atoms with van der Waals surface area (Å²) in [6.07, 6.45) is 0.846. The van der Waals surface area contributed by atoms with Crippen molar-refractivity contribution in [2.24, 2.45) is 0 Å². The first kappa shape index (κ1) is 15.7. The van der Waals surface area contributed by atoms with Crippen molar-refractivity contribution in [2.45, 2.75) is 19.5 Å². The van der Waals surface area contributed by atoms with E-state index < -0.39 is 6.03 Å². The Morgan fingerprint density at radius 3 is 2.68 bits per heavy atom. The van der Waals surface area contributed by atoms with E-state index in [4.69, 9.17) is 0 Å². The molecule has 130 valence electrons. The van der Waals surface area contributed by atoms with Gasteiger partial charge in [-0.3, -0.25) is 14.5 Å². The number of fused-ring (bicyclic) bond motifs is 3. The normalized spacial score (nSPS) is 18.0. The number of carbonyl (C=O) groups is 3. The summed E-state index contributed by atoms with van der Waals surface area (Å²) in [4.78, 5) is 40.7. The second kappa shape index (κ2) is 5.91. The van der Waals surface area contributed by atoms with Crippen molar-refractivity contribution in [3.05, 3.63) is 36.0 Å². The molecule has 1 aromatic heterocycles. The first-order valence-corrected chi connectivity index (χ1v) is 8.45. The molecule has 0 N–H and O–H groups in total. The topological polar surface area (TPSA) is 65.9 Å². The molecule has 0 spiro atoms. The summed E-state index contributed by atoms with van der Waals surface area (Å²) in [5.74, 6) is -0.500. The predicted octanol–water partition coefficient (Wildman–Crippen LogP) is 1.27. The van der Waals surface area contributed by atoms with Gasteiger partial charge in [-0.15, -0.1) is 0 Å². The Bertz CT molecular complexity index is 872. The summed E-state index contributed by atoms with van der Waals surface area (Å²) < 4.78 is 2.25. The van der Waals surface area contributed by atoms with Crippen LogP contribution in [0.4, 0.5) is 4.79 Å². The van der Waals surface area contributed by atoms with Crippen molar-refractivity contribution in [3.8, 4) is 0 Å². The number of hydrogen-bond donors (Lipinski definition) is 0. The lowest BCUT2D eigenvalue weighted by atomic mass is 10.2. The van der Waals surface area contributed by atoms with Crippen LogP contribution in [-0.4, -0.2) is 63.8 Å². The minimum Gasteiger partial charge on any atom is -0.343 e. The van der Waals surface area contributed by atoms with Gasteiger partial charge in [0, 0.05) is 31.3 Å². The summed E-state index contributed by atoms with van der Waals surface area (Å²) in [6, 6.07) is 9.90. The zero-order chi connectivity index (χ0) is 17.6. The van der Waals surface area contributed by atoms with E-state index in [1.54, 1.807) is 11.9 Å². The van der Waals surface area contributed by atoms with E-state index in [-0.39, 0.29) is 24.9 Å². The van der Waals surface area contributed by atoms with Gasteiger partial charge in [0.1, 0.15) is 13.1 Å². The third-order valence-electron chi connectivity index (χ3n) is 4.94. The van der Waals surface area contributed by atoms with Gasteiger partial charge in [-0.2, -0.15) is 0 Å². The highest BCUT2D eigenvalue weighted by Gasteiger charge is 2.36. The summed E-state index contributed by atoms with van der Waals surface area (Å²) in [6.45, 7) is 1.85. The number of urea groups is 1. The Morgan fingerprint density at radius 1 is 1.12 bits per heavy atom. The Labute approximate surface area is 145 Å². The molecule has 0 radical (unpaired) electrons. The van der Waals surface area contributed by atoms with E-state index in [1.165, 1.54) is 15.8 Å². The van der Waals surface area contributed by atoms with Crippen LogP contribution in [0.1, 0.15) is 12.1 Å². The van der Waals surface area contributed by atoms with Crippen molar-refractivity contribution in [1.29, 1.82) is 0 Å². The lowest BCUT2D eigenvalue weighted by Gasteiger charge is -2.22. The largest absolute Gasteiger partial charge is 0.343 e. The summed E-state index contributed by atoms with van der Waals surface area (Å²) in [5, 5.41) is 1.17. The molecule has 1 fully saturated rings. The molecule has 7 heteroatoms. The molecule has 2 aliphatic heterocycles. The van der Waals surface area contributed by atoms with Gasteiger partial charge in [0.15, 0.2) is 0 Å². The zero-order valence-corrected chi connectivity index (χ0v) is 14.1. The molecule has 2 aromatic rings. The molecular formula is C18H20N4O3. The van der Waals surface area contributed by atoms with Crippen molar-refractivity contribution < 1.29 is 14.4 Å². The highest BCUT2D eigenvalue weighted by atomic mass is 16.2. The molecule has 1 aromatic carbocycles. The third-order valence-corrected chi connectivity index (χ3v) is 4.94. The number of nitrogens with zero attached hydrogens (tertiary/aromatic N) is 4. The fraction of sp³-hybridized carbons (Fsp3) is 0.389. The molecule has 2 aliphatic rings. The number of aryl methyl sites for hydroxylation is 1. The first-order chi connectivity index (χ1) is 12.0. The molecular weight excluding hydrogens is 320 g/mol. The van der Waals surface area contributed by atoms with Crippen LogP contribution in [0.3, 0.4) is 0 Å². The van der Waals surface area contributed by atoms with E-state index >= 15 is 0 Å². The number of likely N-dealkylation sites (N-methyl/N-ethyl adjacent to an activating group) is 1. The number of imide groups is 1. The molecule has 0 unspecified atom stereocenters. The fourth-order valence-corrected chi connectivity index (χ4v) is 3.63. The van der Waals surface area contributed by atoms with Crippen molar-refractivity contribution in [3.63, 3.8) is 0 Å². The molecule has 0 atom stereocenters. The van der Waals surface area contributed by atoms with Gasteiger partial charge in [-0.1, -0.05) is 18.2 Å². The number of rotatable bonds is 2.